The second kappa shape index (κ2) is 8.53. The van der Waals surface area contributed by atoms with Gasteiger partial charge in [0.1, 0.15) is 17.3 Å². The van der Waals surface area contributed by atoms with Crippen molar-refractivity contribution in [2.45, 2.75) is 6.92 Å². The number of hydrogen-bond donors (Lipinski definition) is 1. The number of benzene rings is 3. The minimum Gasteiger partial charge on any atom is -0.306 e. The molecule has 1 amide bonds. The molecule has 4 rings (SSSR count). The van der Waals surface area contributed by atoms with Crippen molar-refractivity contribution in [1.29, 1.82) is 0 Å². The fraction of sp³-hybridized carbons (Fsp3) is 0.0417. The van der Waals surface area contributed by atoms with Crippen molar-refractivity contribution >= 4 is 23.3 Å². The van der Waals surface area contributed by atoms with Crippen LogP contribution in [0, 0.1) is 12.7 Å². The van der Waals surface area contributed by atoms with Crippen LogP contribution in [0.1, 0.15) is 16.1 Å². The molecule has 1 aromatic heterocycles. The molecule has 0 bridgehead atoms. The predicted octanol–water partition coefficient (Wildman–Crippen LogP) is 5.25. The Kier molecular flexibility index (Phi) is 5.64. The first-order valence-electron chi connectivity index (χ1n) is 9.47. The molecule has 3 aromatic carbocycles. The number of hydrogen-bond acceptors (Lipinski definition) is 3. The standard InChI is InChI=1S/C24H17ClFN3O2/c1-15-22(30)21(16-11-13-17(25)14-12-16)23(29(28-15)18-7-3-2-4-8-18)27-24(31)19-9-5-6-10-20(19)26/h2-14H,1H3,(H,27,31). The molecule has 154 valence electrons. The van der Waals surface area contributed by atoms with Gasteiger partial charge in [-0.1, -0.05) is 54.1 Å². The van der Waals surface area contributed by atoms with E-state index in [9.17, 15) is 14.0 Å². The second-order valence-corrected chi connectivity index (χ2v) is 7.26. The van der Waals surface area contributed by atoms with Gasteiger partial charge < -0.3 is 5.32 Å². The monoisotopic (exact) mass is 433 g/mol. The van der Waals surface area contributed by atoms with Gasteiger partial charge in [0.15, 0.2) is 0 Å². The van der Waals surface area contributed by atoms with Gasteiger partial charge in [0.25, 0.3) is 5.91 Å². The van der Waals surface area contributed by atoms with Gasteiger partial charge in [-0.05, 0) is 48.9 Å². The fourth-order valence-electron chi connectivity index (χ4n) is 3.22. The molecule has 0 atom stereocenters. The molecule has 31 heavy (non-hydrogen) atoms. The number of halogens is 2. The molecule has 0 spiro atoms. The molecule has 0 radical (unpaired) electrons. The number of carbonyl (C=O) groups excluding carboxylic acids is 1. The third kappa shape index (κ3) is 4.11. The van der Waals surface area contributed by atoms with E-state index in [1.165, 1.54) is 22.9 Å². The lowest BCUT2D eigenvalue weighted by atomic mass is 10.0. The number of anilines is 1. The minimum absolute atomic E-state index is 0.136. The van der Waals surface area contributed by atoms with Crippen molar-refractivity contribution in [2.75, 3.05) is 5.32 Å². The average Bonchev–Trinajstić information content (AvgIpc) is 2.78. The van der Waals surface area contributed by atoms with Crippen LogP contribution in [-0.2, 0) is 0 Å². The lowest BCUT2D eigenvalue weighted by Crippen LogP contribution is -2.25. The molecule has 0 saturated carbocycles. The summed E-state index contributed by atoms with van der Waals surface area (Å²) in [6.07, 6.45) is 0. The maximum Gasteiger partial charge on any atom is 0.259 e. The highest BCUT2D eigenvalue weighted by Crippen LogP contribution is 2.28. The third-order valence-electron chi connectivity index (χ3n) is 4.74. The van der Waals surface area contributed by atoms with E-state index in [4.69, 9.17) is 11.6 Å². The van der Waals surface area contributed by atoms with Gasteiger partial charge in [-0.25, -0.2) is 9.07 Å². The molecule has 0 fully saturated rings. The number of aromatic nitrogens is 2. The van der Waals surface area contributed by atoms with E-state index in [0.29, 0.717) is 16.3 Å². The summed E-state index contributed by atoms with van der Waals surface area (Å²) in [5.74, 6) is -1.22. The van der Waals surface area contributed by atoms with E-state index in [2.05, 4.69) is 10.4 Å². The highest BCUT2D eigenvalue weighted by molar-refractivity contribution is 6.30. The molecule has 1 N–H and O–H groups in total. The minimum atomic E-state index is -0.692. The van der Waals surface area contributed by atoms with Crippen LogP contribution >= 0.6 is 11.6 Å². The molecule has 5 nitrogen and oxygen atoms in total. The van der Waals surface area contributed by atoms with Gasteiger partial charge in [0.05, 0.1) is 16.8 Å². The number of rotatable bonds is 4. The van der Waals surface area contributed by atoms with E-state index < -0.39 is 11.7 Å². The van der Waals surface area contributed by atoms with Crippen LogP contribution in [0.4, 0.5) is 10.2 Å². The Labute approximate surface area is 182 Å². The number of nitrogens with zero attached hydrogens (tertiary/aromatic N) is 2. The highest BCUT2D eigenvalue weighted by Gasteiger charge is 2.22. The zero-order valence-electron chi connectivity index (χ0n) is 16.5. The quantitative estimate of drug-likeness (QED) is 0.478. The second-order valence-electron chi connectivity index (χ2n) is 6.83. The zero-order valence-corrected chi connectivity index (χ0v) is 17.2. The summed E-state index contributed by atoms with van der Waals surface area (Å²) in [4.78, 5) is 26.0. The molecule has 0 aliphatic rings. The maximum atomic E-state index is 14.2. The van der Waals surface area contributed by atoms with E-state index in [-0.39, 0.29) is 28.1 Å². The van der Waals surface area contributed by atoms with Gasteiger partial charge in [-0.15, -0.1) is 0 Å². The van der Waals surface area contributed by atoms with Crippen LogP contribution in [0.15, 0.2) is 83.7 Å². The predicted molar refractivity (Wildman–Crippen MR) is 119 cm³/mol. The first-order valence-corrected chi connectivity index (χ1v) is 9.84. The molecule has 4 aromatic rings. The summed E-state index contributed by atoms with van der Waals surface area (Å²) in [7, 11) is 0. The fourth-order valence-corrected chi connectivity index (χ4v) is 3.34. The molecule has 0 unspecified atom stereocenters. The molecule has 0 aliphatic carbocycles. The van der Waals surface area contributed by atoms with Gasteiger partial charge in [0.2, 0.25) is 5.43 Å². The maximum absolute atomic E-state index is 14.2. The van der Waals surface area contributed by atoms with Crippen LogP contribution in [-0.4, -0.2) is 15.7 Å². The Morgan fingerprint density at radius 1 is 0.968 bits per heavy atom. The number of para-hydroxylation sites is 1. The Morgan fingerprint density at radius 3 is 2.29 bits per heavy atom. The molecule has 0 saturated heterocycles. The first kappa shape index (κ1) is 20.5. The summed E-state index contributed by atoms with van der Waals surface area (Å²) >= 11 is 6.01. The number of amides is 1. The molecule has 0 aliphatic heterocycles. The van der Waals surface area contributed by atoms with Crippen LogP contribution < -0.4 is 10.7 Å². The van der Waals surface area contributed by atoms with Crippen molar-refractivity contribution in [1.82, 2.24) is 9.78 Å². The van der Waals surface area contributed by atoms with Crippen LogP contribution in [0.3, 0.4) is 0 Å². The Bertz CT molecular complexity index is 1320. The lowest BCUT2D eigenvalue weighted by molar-refractivity contribution is 0.102. The number of carbonyl (C=O) groups is 1. The molecular formula is C24H17ClFN3O2. The van der Waals surface area contributed by atoms with Crippen molar-refractivity contribution in [2.24, 2.45) is 0 Å². The van der Waals surface area contributed by atoms with E-state index >= 15 is 0 Å². The van der Waals surface area contributed by atoms with Crippen molar-refractivity contribution in [3.63, 3.8) is 0 Å². The number of aryl methyl sites for hydroxylation is 1. The van der Waals surface area contributed by atoms with Gasteiger partial charge in [-0.3, -0.25) is 9.59 Å². The van der Waals surface area contributed by atoms with Gasteiger partial charge in [-0.2, -0.15) is 5.10 Å². The number of nitrogens with one attached hydrogen (secondary N) is 1. The molecule has 7 heteroatoms. The van der Waals surface area contributed by atoms with E-state index in [1.807, 2.05) is 18.2 Å². The van der Waals surface area contributed by atoms with Crippen molar-refractivity contribution in [3.05, 3.63) is 111 Å². The summed E-state index contributed by atoms with van der Waals surface area (Å²) in [6.45, 7) is 1.60. The van der Waals surface area contributed by atoms with Crippen LogP contribution in [0.5, 0.6) is 0 Å². The normalized spacial score (nSPS) is 10.7. The summed E-state index contributed by atoms with van der Waals surface area (Å²) < 4.78 is 15.7. The SMILES string of the molecule is Cc1nn(-c2ccccc2)c(NC(=O)c2ccccc2F)c(-c2ccc(Cl)cc2)c1=O. The van der Waals surface area contributed by atoms with Crippen LogP contribution in [0.25, 0.3) is 16.8 Å². The topological polar surface area (TPSA) is 64.0 Å². The Hall–Kier alpha value is -3.77. The Balaban J connectivity index is 1.97. The smallest absolute Gasteiger partial charge is 0.259 e. The Morgan fingerprint density at radius 2 is 1.61 bits per heavy atom. The first-order chi connectivity index (χ1) is 15.0. The highest BCUT2D eigenvalue weighted by atomic mass is 35.5. The summed E-state index contributed by atoms with van der Waals surface area (Å²) in [5, 5.41) is 7.60. The van der Waals surface area contributed by atoms with Crippen molar-refractivity contribution < 1.29 is 9.18 Å². The van der Waals surface area contributed by atoms with Gasteiger partial charge in [0, 0.05) is 5.02 Å². The lowest BCUT2D eigenvalue weighted by Gasteiger charge is -2.18. The molecular weight excluding hydrogens is 417 g/mol. The van der Waals surface area contributed by atoms with Crippen LogP contribution in [0.2, 0.25) is 5.02 Å². The van der Waals surface area contributed by atoms with Crippen molar-refractivity contribution in [3.8, 4) is 16.8 Å². The van der Waals surface area contributed by atoms with E-state index in [1.54, 1.807) is 49.4 Å². The summed E-state index contributed by atoms with van der Waals surface area (Å²) in [6, 6.07) is 21.4. The van der Waals surface area contributed by atoms with Gasteiger partial charge >= 0.3 is 0 Å². The van der Waals surface area contributed by atoms with E-state index in [0.717, 1.165) is 0 Å². The third-order valence-corrected chi connectivity index (χ3v) is 4.99. The largest absolute Gasteiger partial charge is 0.306 e. The average molecular weight is 434 g/mol. The summed E-state index contributed by atoms with van der Waals surface area (Å²) in [5.41, 5.74) is 1.17. The zero-order chi connectivity index (χ0) is 22.0. The molecule has 1 heterocycles.